The number of nitrogen functional groups attached to an aromatic ring is 1. The van der Waals surface area contributed by atoms with Crippen molar-refractivity contribution < 1.29 is 22.0 Å². The molecule has 1 aromatic carbocycles. The first-order chi connectivity index (χ1) is 14.9. The van der Waals surface area contributed by atoms with E-state index >= 15 is 0 Å². The zero-order chi connectivity index (χ0) is 24.2. The summed E-state index contributed by atoms with van der Waals surface area (Å²) in [7, 11) is 0. The van der Waals surface area contributed by atoms with Gasteiger partial charge < -0.3 is 22.2 Å². The van der Waals surface area contributed by atoms with Crippen LogP contribution in [-0.4, -0.2) is 36.1 Å². The Labute approximate surface area is 182 Å². The second-order valence-electron chi connectivity index (χ2n) is 7.09. The third-order valence-corrected chi connectivity index (χ3v) is 4.78. The minimum Gasteiger partial charge on any atom is -0.398 e. The van der Waals surface area contributed by atoms with Gasteiger partial charge in [0.2, 0.25) is 0 Å². The molecule has 1 fully saturated rings. The van der Waals surface area contributed by atoms with Gasteiger partial charge in [0.1, 0.15) is 0 Å². The van der Waals surface area contributed by atoms with Crippen molar-refractivity contribution in [1.29, 1.82) is 5.41 Å². The van der Waals surface area contributed by atoms with Crippen LogP contribution in [0.4, 0.5) is 39.1 Å². The van der Waals surface area contributed by atoms with Gasteiger partial charge >= 0.3 is 12.1 Å². The fraction of sp³-hybridized carbons (Fsp3) is 0.381. The lowest BCUT2D eigenvalue weighted by atomic mass is 10.0. The van der Waals surface area contributed by atoms with Crippen molar-refractivity contribution in [3.05, 3.63) is 47.2 Å². The van der Waals surface area contributed by atoms with E-state index in [0.717, 1.165) is 30.8 Å². The maximum atomic E-state index is 13.1. The average molecular weight is 456 g/mol. The van der Waals surface area contributed by atoms with E-state index in [1.165, 1.54) is 12.3 Å². The minimum absolute atomic E-state index is 0.0516. The van der Waals surface area contributed by atoms with Gasteiger partial charge in [0.25, 0.3) is 0 Å². The lowest BCUT2D eigenvalue weighted by Gasteiger charge is -2.20. The predicted octanol–water partition coefficient (Wildman–Crippen LogP) is 5.00. The van der Waals surface area contributed by atoms with E-state index in [9.17, 15) is 22.0 Å². The normalized spacial score (nSPS) is 15.1. The number of hydrogen-bond donors (Lipinski definition) is 4. The summed E-state index contributed by atoms with van der Waals surface area (Å²) in [5, 5.41) is 9.37. The summed E-state index contributed by atoms with van der Waals surface area (Å²) in [6, 6.07) is 6.66. The number of nitrogens with zero attached hydrogens (tertiary/aromatic N) is 2. The molecule has 32 heavy (non-hydrogen) atoms. The molecule has 3 rings (SSSR count). The SMILES string of the molecule is CC.N=Cc1cc(N=Cc2cc(C3(N)CC3)ccc2N)ncc1NCC(F)(F)C(F)(F)F. The monoisotopic (exact) mass is 456 g/mol. The van der Waals surface area contributed by atoms with Gasteiger partial charge in [0.15, 0.2) is 5.82 Å². The Morgan fingerprint density at radius 2 is 1.81 bits per heavy atom. The van der Waals surface area contributed by atoms with Crippen LogP contribution in [0.5, 0.6) is 0 Å². The molecule has 0 atom stereocenters. The van der Waals surface area contributed by atoms with Gasteiger partial charge in [-0.05, 0) is 36.6 Å². The second kappa shape index (κ2) is 9.60. The number of nitrogens with two attached hydrogens (primary N) is 2. The van der Waals surface area contributed by atoms with Crippen LogP contribution in [0.15, 0.2) is 35.5 Å². The van der Waals surface area contributed by atoms with Crippen molar-refractivity contribution >= 4 is 29.6 Å². The van der Waals surface area contributed by atoms with Crippen LogP contribution in [-0.2, 0) is 5.54 Å². The van der Waals surface area contributed by atoms with Crippen molar-refractivity contribution in [2.45, 2.75) is 44.3 Å². The van der Waals surface area contributed by atoms with Gasteiger partial charge in [-0.1, -0.05) is 19.9 Å². The van der Waals surface area contributed by atoms with Gasteiger partial charge in [-0.15, -0.1) is 0 Å². The van der Waals surface area contributed by atoms with E-state index < -0.39 is 18.6 Å². The summed E-state index contributed by atoms with van der Waals surface area (Å²) >= 11 is 0. The first-order valence-electron chi connectivity index (χ1n) is 9.87. The van der Waals surface area contributed by atoms with E-state index in [1.54, 1.807) is 6.07 Å². The Bertz CT molecular complexity index is 983. The average Bonchev–Trinajstić information content (AvgIpc) is 3.51. The third-order valence-electron chi connectivity index (χ3n) is 4.78. The Morgan fingerprint density at radius 1 is 1.16 bits per heavy atom. The molecule has 0 saturated heterocycles. The van der Waals surface area contributed by atoms with Crippen LogP contribution in [0.3, 0.4) is 0 Å². The minimum atomic E-state index is -5.68. The number of alkyl halides is 5. The zero-order valence-electron chi connectivity index (χ0n) is 17.6. The molecule has 0 aliphatic heterocycles. The molecule has 1 saturated carbocycles. The number of rotatable bonds is 7. The molecule has 6 nitrogen and oxygen atoms in total. The molecule has 0 unspecified atom stereocenters. The van der Waals surface area contributed by atoms with Crippen LogP contribution < -0.4 is 16.8 Å². The van der Waals surface area contributed by atoms with Gasteiger partial charge in [-0.25, -0.2) is 9.98 Å². The van der Waals surface area contributed by atoms with Crippen molar-refractivity contribution in [3.63, 3.8) is 0 Å². The van der Waals surface area contributed by atoms with E-state index in [0.29, 0.717) is 11.3 Å². The highest BCUT2D eigenvalue weighted by Crippen LogP contribution is 2.43. The Hall–Kier alpha value is -3.08. The molecule has 1 aliphatic carbocycles. The van der Waals surface area contributed by atoms with E-state index in [1.807, 2.05) is 31.3 Å². The molecule has 1 aliphatic rings. The van der Waals surface area contributed by atoms with Crippen molar-refractivity contribution in [1.82, 2.24) is 4.98 Å². The summed E-state index contributed by atoms with van der Waals surface area (Å²) < 4.78 is 63.1. The summed E-state index contributed by atoms with van der Waals surface area (Å²) in [6.45, 7) is 2.33. The number of halogens is 5. The number of aliphatic imine (C=N–C) groups is 1. The molecule has 0 bridgehead atoms. The lowest BCUT2D eigenvalue weighted by molar-refractivity contribution is -0.275. The number of benzene rings is 1. The highest BCUT2D eigenvalue weighted by atomic mass is 19.4. The van der Waals surface area contributed by atoms with Gasteiger partial charge in [-0.2, -0.15) is 22.0 Å². The molecule has 174 valence electrons. The molecule has 11 heteroatoms. The quantitative estimate of drug-likeness (QED) is 0.267. The first-order valence-corrected chi connectivity index (χ1v) is 9.87. The molecular formula is C21H25F5N6. The predicted molar refractivity (Wildman–Crippen MR) is 116 cm³/mol. The number of hydrogen-bond acceptors (Lipinski definition) is 6. The number of anilines is 2. The third kappa shape index (κ3) is 5.78. The fourth-order valence-corrected chi connectivity index (χ4v) is 2.66. The molecule has 1 heterocycles. The van der Waals surface area contributed by atoms with Crippen LogP contribution >= 0.6 is 0 Å². The van der Waals surface area contributed by atoms with Gasteiger partial charge in [0, 0.05) is 34.8 Å². The second-order valence-corrected chi connectivity index (χ2v) is 7.09. The first kappa shape index (κ1) is 25.2. The molecule has 0 radical (unpaired) electrons. The molecule has 6 N–H and O–H groups in total. The number of nitrogens with one attached hydrogen (secondary N) is 2. The van der Waals surface area contributed by atoms with E-state index in [4.69, 9.17) is 16.9 Å². The highest BCUT2D eigenvalue weighted by molar-refractivity contribution is 5.90. The molecular weight excluding hydrogens is 431 g/mol. The Kier molecular flexibility index (Phi) is 7.55. The van der Waals surface area contributed by atoms with E-state index in [-0.39, 0.29) is 22.6 Å². The lowest BCUT2D eigenvalue weighted by Crippen LogP contribution is -2.42. The standard InChI is InChI=1S/C19H19F5N6.C2H6/c20-18(21,19(22,23)24)10-30-15-9-29-16(6-11(15)7-25)28-8-12-5-13(1-2-14(12)26)17(27)3-4-17;1-2/h1-2,5-9,25,30H,3-4,10,26-27H2;1-2H3. The maximum Gasteiger partial charge on any atom is 0.455 e. The van der Waals surface area contributed by atoms with Crippen LogP contribution in [0.25, 0.3) is 0 Å². The van der Waals surface area contributed by atoms with Gasteiger partial charge in [-0.3, -0.25) is 0 Å². The number of pyridine rings is 1. The summed E-state index contributed by atoms with van der Waals surface area (Å²) in [5.74, 6) is -4.80. The summed E-state index contributed by atoms with van der Waals surface area (Å²) in [5.41, 5.74) is 13.7. The Balaban J connectivity index is 0.00000176. The molecule has 1 aromatic heterocycles. The van der Waals surface area contributed by atoms with Crippen LogP contribution in [0, 0.1) is 5.41 Å². The zero-order valence-corrected chi connectivity index (χ0v) is 17.6. The fourth-order valence-electron chi connectivity index (χ4n) is 2.66. The highest BCUT2D eigenvalue weighted by Gasteiger charge is 2.57. The topological polar surface area (TPSA) is 113 Å². The van der Waals surface area contributed by atoms with E-state index in [2.05, 4.69) is 9.98 Å². The van der Waals surface area contributed by atoms with Gasteiger partial charge in [0.05, 0.1) is 18.4 Å². The number of aromatic nitrogens is 1. The summed E-state index contributed by atoms with van der Waals surface area (Å²) in [6.07, 6.45) is -0.641. The van der Waals surface area contributed by atoms with Crippen LogP contribution in [0.1, 0.15) is 43.4 Å². The largest absolute Gasteiger partial charge is 0.455 e. The molecule has 2 aromatic rings. The molecule has 0 amide bonds. The summed E-state index contributed by atoms with van der Waals surface area (Å²) in [4.78, 5) is 8.09. The smallest absolute Gasteiger partial charge is 0.398 e. The van der Waals surface area contributed by atoms with Crippen molar-refractivity contribution in [2.24, 2.45) is 10.7 Å². The Morgan fingerprint density at radius 3 is 2.38 bits per heavy atom. The van der Waals surface area contributed by atoms with Crippen molar-refractivity contribution in [2.75, 3.05) is 17.6 Å². The maximum absolute atomic E-state index is 13.1. The van der Waals surface area contributed by atoms with Crippen LogP contribution in [0.2, 0.25) is 0 Å². The van der Waals surface area contributed by atoms with Crippen molar-refractivity contribution in [3.8, 4) is 0 Å². The molecule has 0 spiro atoms.